The zero-order valence-electron chi connectivity index (χ0n) is 12.7. The smallest absolute Gasteiger partial charge is 0.318 e. The molecule has 2 N–H and O–H groups in total. The van der Waals surface area contributed by atoms with Gasteiger partial charge in [-0.1, -0.05) is 5.92 Å². The molecular formula is C15H24N2O3. The average molecular weight is 280 g/mol. The van der Waals surface area contributed by atoms with E-state index in [1.54, 1.807) is 32.6 Å². The Balaban J connectivity index is 2.75. The molecule has 0 radical (unpaired) electrons. The van der Waals surface area contributed by atoms with Gasteiger partial charge in [-0.25, -0.2) is 4.79 Å². The monoisotopic (exact) mass is 280 g/mol. The second kappa shape index (κ2) is 5.74. The first-order valence-electron chi connectivity index (χ1n) is 6.85. The van der Waals surface area contributed by atoms with E-state index in [1.165, 1.54) is 0 Å². The van der Waals surface area contributed by atoms with Crippen molar-refractivity contribution in [1.82, 2.24) is 10.2 Å². The summed E-state index contributed by atoms with van der Waals surface area (Å²) >= 11 is 0. The van der Waals surface area contributed by atoms with E-state index in [0.29, 0.717) is 12.5 Å². The number of hydrogen-bond donors (Lipinski definition) is 2. The van der Waals surface area contributed by atoms with Crippen molar-refractivity contribution in [2.75, 3.05) is 13.1 Å². The van der Waals surface area contributed by atoms with Gasteiger partial charge >= 0.3 is 12.0 Å². The first-order valence-corrected chi connectivity index (χ1v) is 6.85. The van der Waals surface area contributed by atoms with Crippen molar-refractivity contribution in [3.05, 3.63) is 0 Å². The molecule has 1 aliphatic rings. The first kappa shape index (κ1) is 16.4. The molecule has 0 spiro atoms. The molecule has 1 aliphatic carbocycles. The molecule has 1 fully saturated rings. The van der Waals surface area contributed by atoms with Gasteiger partial charge in [0.15, 0.2) is 0 Å². The molecule has 0 bridgehead atoms. The molecule has 0 aromatic rings. The average Bonchev–Trinajstić information content (AvgIpc) is 3.11. The summed E-state index contributed by atoms with van der Waals surface area (Å²) < 4.78 is 0. The summed E-state index contributed by atoms with van der Waals surface area (Å²) in [5.74, 6) is 2.06. The summed E-state index contributed by atoms with van der Waals surface area (Å²) in [6, 6.07) is -0.297. The van der Waals surface area contributed by atoms with Crippen LogP contribution in [0.25, 0.3) is 0 Å². The molecular weight excluding hydrogens is 256 g/mol. The molecule has 2 amide bonds. The van der Waals surface area contributed by atoms with E-state index >= 15 is 0 Å². The zero-order valence-corrected chi connectivity index (χ0v) is 12.7. The molecule has 5 nitrogen and oxygen atoms in total. The maximum absolute atomic E-state index is 12.3. The molecule has 0 unspecified atom stereocenters. The number of nitrogens with one attached hydrogen (secondary N) is 1. The van der Waals surface area contributed by atoms with Crippen LogP contribution in [0.4, 0.5) is 4.79 Å². The van der Waals surface area contributed by atoms with Gasteiger partial charge in [0.2, 0.25) is 0 Å². The maximum atomic E-state index is 12.3. The number of nitrogens with zero attached hydrogens (tertiary/aromatic N) is 1. The molecule has 5 heteroatoms. The highest BCUT2D eigenvalue weighted by Crippen LogP contribution is 2.32. The number of urea groups is 1. The highest BCUT2D eigenvalue weighted by atomic mass is 16.4. The van der Waals surface area contributed by atoms with E-state index < -0.39 is 16.9 Å². The van der Waals surface area contributed by atoms with Crippen molar-refractivity contribution >= 4 is 12.0 Å². The molecule has 112 valence electrons. The van der Waals surface area contributed by atoms with Crippen LogP contribution in [0.3, 0.4) is 0 Å². The standard InChI is InChI=1S/C15H24N2O3/c1-6-9-17(10-11-7-8-11)13(20)16-15(4,5)14(2,3)12(18)19/h1,11H,7-10H2,2-5H3,(H,16,20)(H,18,19). The summed E-state index contributed by atoms with van der Waals surface area (Å²) in [7, 11) is 0. The Labute approximate surface area is 120 Å². The largest absolute Gasteiger partial charge is 0.481 e. The number of carboxylic acid groups (broad SMARTS) is 1. The van der Waals surface area contributed by atoms with Crippen LogP contribution in [-0.4, -0.2) is 40.6 Å². The topological polar surface area (TPSA) is 69.6 Å². The molecule has 0 aliphatic heterocycles. The Bertz CT molecular complexity index is 431. The number of carbonyl (C=O) groups excluding carboxylic acids is 1. The molecule has 0 saturated heterocycles. The van der Waals surface area contributed by atoms with Crippen molar-refractivity contribution in [2.24, 2.45) is 11.3 Å². The third kappa shape index (κ3) is 3.66. The summed E-state index contributed by atoms with van der Waals surface area (Å²) in [5, 5.41) is 12.1. The number of hydrogen-bond acceptors (Lipinski definition) is 2. The molecule has 0 aromatic carbocycles. The summed E-state index contributed by atoms with van der Waals surface area (Å²) in [6.07, 6.45) is 7.54. The lowest BCUT2D eigenvalue weighted by atomic mass is 9.74. The van der Waals surface area contributed by atoms with Gasteiger partial charge in [-0.15, -0.1) is 6.42 Å². The minimum absolute atomic E-state index is 0.242. The quantitative estimate of drug-likeness (QED) is 0.730. The predicted molar refractivity (Wildman–Crippen MR) is 77.2 cm³/mol. The van der Waals surface area contributed by atoms with E-state index in [2.05, 4.69) is 11.2 Å². The lowest BCUT2D eigenvalue weighted by Gasteiger charge is -2.40. The van der Waals surface area contributed by atoms with Crippen LogP contribution in [0.15, 0.2) is 0 Å². The summed E-state index contributed by atoms with van der Waals surface area (Å²) in [4.78, 5) is 25.2. The van der Waals surface area contributed by atoms with E-state index in [-0.39, 0.29) is 12.6 Å². The third-order valence-electron chi connectivity index (χ3n) is 4.26. The van der Waals surface area contributed by atoms with E-state index in [0.717, 1.165) is 12.8 Å². The van der Waals surface area contributed by atoms with Crippen LogP contribution in [0.2, 0.25) is 0 Å². The number of carboxylic acids is 1. The van der Waals surface area contributed by atoms with Gasteiger partial charge in [0, 0.05) is 6.54 Å². The van der Waals surface area contributed by atoms with E-state index in [9.17, 15) is 14.7 Å². The van der Waals surface area contributed by atoms with Crippen molar-refractivity contribution in [2.45, 2.75) is 46.1 Å². The number of terminal acetylenes is 1. The van der Waals surface area contributed by atoms with Gasteiger partial charge in [-0.05, 0) is 46.5 Å². The SMILES string of the molecule is C#CCN(CC1CC1)C(=O)NC(C)(C)C(C)(C)C(=O)O. The Kier molecular flexibility index (Phi) is 4.69. The van der Waals surface area contributed by atoms with Crippen LogP contribution in [-0.2, 0) is 4.79 Å². The van der Waals surface area contributed by atoms with Gasteiger partial charge in [0.25, 0.3) is 0 Å². The predicted octanol–water partition coefficient (Wildman–Crippen LogP) is 1.93. The van der Waals surface area contributed by atoms with Crippen LogP contribution < -0.4 is 5.32 Å². The summed E-state index contributed by atoms with van der Waals surface area (Å²) in [5.41, 5.74) is -1.96. The van der Waals surface area contributed by atoms with Crippen LogP contribution >= 0.6 is 0 Å². The van der Waals surface area contributed by atoms with Crippen molar-refractivity contribution in [3.8, 4) is 12.3 Å². The Morgan fingerprint density at radius 2 is 1.90 bits per heavy atom. The Morgan fingerprint density at radius 1 is 1.35 bits per heavy atom. The lowest BCUT2D eigenvalue weighted by Crippen LogP contribution is -2.59. The van der Waals surface area contributed by atoms with Crippen molar-refractivity contribution in [1.29, 1.82) is 0 Å². The highest BCUT2D eigenvalue weighted by Gasteiger charge is 2.45. The fraction of sp³-hybridized carbons (Fsp3) is 0.733. The second-order valence-corrected chi connectivity index (χ2v) is 6.51. The second-order valence-electron chi connectivity index (χ2n) is 6.51. The molecule has 0 heterocycles. The van der Waals surface area contributed by atoms with E-state index in [4.69, 9.17) is 6.42 Å². The van der Waals surface area contributed by atoms with Gasteiger partial charge in [0.1, 0.15) is 0 Å². The number of aliphatic carboxylic acids is 1. The Hall–Kier alpha value is -1.70. The molecule has 1 saturated carbocycles. The molecule has 0 aromatic heterocycles. The van der Waals surface area contributed by atoms with Crippen molar-refractivity contribution < 1.29 is 14.7 Å². The summed E-state index contributed by atoms with van der Waals surface area (Å²) in [6.45, 7) is 7.50. The van der Waals surface area contributed by atoms with Gasteiger partial charge in [-0.3, -0.25) is 4.79 Å². The molecule has 1 rings (SSSR count). The van der Waals surface area contributed by atoms with Crippen molar-refractivity contribution in [3.63, 3.8) is 0 Å². The Morgan fingerprint density at radius 3 is 2.30 bits per heavy atom. The maximum Gasteiger partial charge on any atom is 0.318 e. The minimum Gasteiger partial charge on any atom is -0.481 e. The third-order valence-corrected chi connectivity index (χ3v) is 4.26. The normalized spacial score (nSPS) is 15.3. The molecule has 0 atom stereocenters. The van der Waals surface area contributed by atoms with Gasteiger partial charge < -0.3 is 15.3 Å². The first-order chi connectivity index (χ1) is 9.11. The minimum atomic E-state index is -1.08. The van der Waals surface area contributed by atoms with E-state index in [1.807, 2.05) is 0 Å². The number of rotatable bonds is 6. The van der Waals surface area contributed by atoms with Gasteiger partial charge in [0.05, 0.1) is 17.5 Å². The molecule has 20 heavy (non-hydrogen) atoms. The fourth-order valence-electron chi connectivity index (χ4n) is 1.71. The zero-order chi connectivity index (χ0) is 15.6. The van der Waals surface area contributed by atoms with Gasteiger partial charge in [-0.2, -0.15) is 0 Å². The van der Waals surface area contributed by atoms with Crippen LogP contribution in [0, 0.1) is 23.7 Å². The fourth-order valence-corrected chi connectivity index (χ4v) is 1.71. The lowest BCUT2D eigenvalue weighted by molar-refractivity contribution is -0.150. The van der Waals surface area contributed by atoms with Crippen LogP contribution in [0.1, 0.15) is 40.5 Å². The number of carbonyl (C=O) groups is 2. The van der Waals surface area contributed by atoms with Crippen LogP contribution in [0.5, 0.6) is 0 Å². The highest BCUT2D eigenvalue weighted by molar-refractivity contribution is 5.80. The number of amides is 2.